The molecule has 1 N–H and O–H groups in total. The number of methoxy groups -OCH3 is 1. The molecule has 0 atom stereocenters. The van der Waals surface area contributed by atoms with Gasteiger partial charge in [-0.2, -0.15) is 18.8 Å². The molecular weight excluding hydrogens is 410 g/mol. The van der Waals surface area contributed by atoms with Gasteiger partial charge in [-0.15, -0.1) is 0 Å². The van der Waals surface area contributed by atoms with Crippen LogP contribution in [0.5, 0.6) is 11.5 Å². The Morgan fingerprint density at radius 2 is 1.96 bits per heavy atom. The zero-order chi connectivity index (χ0) is 18.3. The molecule has 0 aliphatic rings. The molecule has 7 nitrogen and oxygen atoms in total. The predicted octanol–water partition coefficient (Wildman–Crippen LogP) is 2.67. The zero-order valence-corrected chi connectivity index (χ0v) is 15.5. The van der Waals surface area contributed by atoms with E-state index >= 15 is 0 Å². The van der Waals surface area contributed by atoms with Crippen LogP contribution in [0.2, 0.25) is 0 Å². The van der Waals surface area contributed by atoms with Crippen molar-refractivity contribution in [1.29, 1.82) is 5.26 Å². The summed E-state index contributed by atoms with van der Waals surface area (Å²) in [7, 11) is -2.28. The summed E-state index contributed by atoms with van der Waals surface area (Å²) >= 11 is 3.25. The van der Waals surface area contributed by atoms with Crippen molar-refractivity contribution >= 4 is 32.2 Å². The van der Waals surface area contributed by atoms with Gasteiger partial charge in [-0.1, -0.05) is 15.9 Å². The lowest BCUT2D eigenvalue weighted by atomic mass is 10.2. The molecule has 2 aromatic rings. The minimum absolute atomic E-state index is 0.100. The normalized spacial score (nSPS) is 11.1. The molecule has 0 radical (unpaired) electrons. The van der Waals surface area contributed by atoms with Crippen molar-refractivity contribution in [1.82, 2.24) is 4.83 Å². The van der Waals surface area contributed by atoms with E-state index in [1.165, 1.54) is 25.5 Å². The third-order valence-corrected chi connectivity index (χ3v) is 4.76. The minimum atomic E-state index is -3.74. The zero-order valence-electron chi connectivity index (χ0n) is 13.1. The highest BCUT2D eigenvalue weighted by Gasteiger charge is 2.12. The Labute approximate surface area is 154 Å². The van der Waals surface area contributed by atoms with Crippen LogP contribution in [-0.2, 0) is 10.0 Å². The number of nitrogens with zero attached hydrogens (tertiary/aromatic N) is 2. The topological polar surface area (TPSA) is 101 Å². The van der Waals surface area contributed by atoms with E-state index in [2.05, 4.69) is 25.9 Å². The maximum Gasteiger partial charge on any atom is 0.276 e. The van der Waals surface area contributed by atoms with Gasteiger partial charge in [-0.3, -0.25) is 0 Å². The second kappa shape index (κ2) is 8.50. The second-order valence-corrected chi connectivity index (χ2v) is 7.24. The number of nitriles is 1. The Bertz CT molecular complexity index is 906. The fourth-order valence-corrected chi connectivity index (χ4v) is 2.89. The number of sulfonamides is 1. The molecule has 0 aromatic heterocycles. The van der Waals surface area contributed by atoms with E-state index in [1.54, 1.807) is 30.3 Å². The van der Waals surface area contributed by atoms with Crippen molar-refractivity contribution in [2.45, 2.75) is 4.90 Å². The average Bonchev–Trinajstić information content (AvgIpc) is 2.60. The summed E-state index contributed by atoms with van der Waals surface area (Å²) in [5.74, 6) is 0.826. The van der Waals surface area contributed by atoms with Crippen LogP contribution in [0.25, 0.3) is 0 Å². The number of nitrogens with one attached hydrogen (secondary N) is 1. The fraction of sp³-hybridized carbons (Fsp3) is 0.125. The molecule has 0 unspecified atom stereocenters. The lowest BCUT2D eigenvalue weighted by molar-refractivity contribution is 0.329. The summed E-state index contributed by atoms with van der Waals surface area (Å²) in [6, 6.07) is 12.9. The molecule has 0 aliphatic carbocycles. The highest BCUT2D eigenvalue weighted by molar-refractivity contribution is 9.10. The summed E-state index contributed by atoms with van der Waals surface area (Å²) in [5, 5.41) is 12.3. The maximum atomic E-state index is 12.1. The molecule has 9 heteroatoms. The summed E-state index contributed by atoms with van der Waals surface area (Å²) < 4.78 is 35.4. The number of halogens is 1. The first-order valence-electron chi connectivity index (χ1n) is 6.94. The number of rotatable bonds is 7. The minimum Gasteiger partial charge on any atom is -0.493 e. The molecule has 0 saturated carbocycles. The van der Waals surface area contributed by atoms with Gasteiger partial charge >= 0.3 is 0 Å². The van der Waals surface area contributed by atoms with Gasteiger partial charge in [-0.25, -0.2) is 4.83 Å². The van der Waals surface area contributed by atoms with E-state index in [4.69, 9.17) is 14.7 Å². The summed E-state index contributed by atoms with van der Waals surface area (Å²) in [5.41, 5.74) is 0.597. The molecule has 25 heavy (non-hydrogen) atoms. The van der Waals surface area contributed by atoms with Gasteiger partial charge in [0.05, 0.1) is 18.2 Å². The van der Waals surface area contributed by atoms with Crippen LogP contribution in [0.3, 0.4) is 0 Å². The quantitative estimate of drug-likeness (QED) is 0.544. The Morgan fingerprint density at radius 3 is 2.60 bits per heavy atom. The second-order valence-electron chi connectivity index (χ2n) is 4.66. The number of hydrogen-bond donors (Lipinski definition) is 1. The van der Waals surface area contributed by atoms with Crippen molar-refractivity contribution in [2.75, 3.05) is 13.7 Å². The van der Waals surface area contributed by atoms with Crippen molar-refractivity contribution in [3.8, 4) is 17.6 Å². The highest BCUT2D eigenvalue weighted by atomic mass is 79.9. The molecule has 0 heterocycles. The van der Waals surface area contributed by atoms with Crippen LogP contribution >= 0.6 is 15.9 Å². The molecule has 0 aliphatic heterocycles. The van der Waals surface area contributed by atoms with Gasteiger partial charge in [0.1, 0.15) is 6.07 Å². The van der Waals surface area contributed by atoms with Gasteiger partial charge in [0.2, 0.25) is 0 Å². The van der Waals surface area contributed by atoms with Crippen molar-refractivity contribution in [3.63, 3.8) is 0 Å². The van der Waals surface area contributed by atoms with Crippen LogP contribution in [0.15, 0.2) is 56.9 Å². The van der Waals surface area contributed by atoms with Gasteiger partial charge in [-0.05, 0) is 48.0 Å². The van der Waals surface area contributed by atoms with E-state index in [-0.39, 0.29) is 11.5 Å². The third-order valence-electron chi connectivity index (χ3n) is 2.99. The van der Waals surface area contributed by atoms with Crippen LogP contribution in [0.4, 0.5) is 0 Å². The molecule has 0 bridgehead atoms. The maximum absolute atomic E-state index is 12.1. The molecule has 0 amide bonds. The molecule has 0 saturated heterocycles. The summed E-state index contributed by atoms with van der Waals surface area (Å²) in [6.45, 7) is -0.100. The highest BCUT2D eigenvalue weighted by Crippen LogP contribution is 2.27. The Hall–Kier alpha value is -2.57. The van der Waals surface area contributed by atoms with Crippen LogP contribution in [-0.4, -0.2) is 28.3 Å². The van der Waals surface area contributed by atoms with Crippen LogP contribution in [0.1, 0.15) is 5.56 Å². The Kier molecular flexibility index (Phi) is 6.38. The molecule has 0 spiro atoms. The largest absolute Gasteiger partial charge is 0.493 e. The lowest BCUT2D eigenvalue weighted by Crippen LogP contribution is -2.18. The Morgan fingerprint density at radius 1 is 1.24 bits per heavy atom. The van der Waals surface area contributed by atoms with E-state index in [0.717, 1.165) is 4.47 Å². The first-order valence-corrected chi connectivity index (χ1v) is 9.22. The van der Waals surface area contributed by atoms with Gasteiger partial charge in [0.15, 0.2) is 18.1 Å². The molecule has 2 rings (SSSR count). The van der Waals surface area contributed by atoms with Crippen molar-refractivity contribution in [2.24, 2.45) is 5.10 Å². The molecule has 0 fully saturated rings. The van der Waals surface area contributed by atoms with Gasteiger partial charge < -0.3 is 9.47 Å². The average molecular weight is 424 g/mol. The summed E-state index contributed by atoms with van der Waals surface area (Å²) in [6.07, 6.45) is 1.34. The SMILES string of the molecule is COc1cc(/C=N\NS(=O)(=O)c2ccc(Br)cc2)ccc1OCC#N. The fourth-order valence-electron chi connectivity index (χ4n) is 1.83. The predicted molar refractivity (Wildman–Crippen MR) is 96.2 cm³/mol. The first kappa shape index (κ1) is 18.8. The molecule has 2 aromatic carbocycles. The van der Waals surface area contributed by atoms with E-state index in [1.807, 2.05) is 6.07 Å². The van der Waals surface area contributed by atoms with Crippen molar-refractivity contribution in [3.05, 3.63) is 52.5 Å². The molecular formula is C16H14BrN3O4S. The Balaban J connectivity index is 2.11. The van der Waals surface area contributed by atoms with Gasteiger partial charge in [0.25, 0.3) is 10.0 Å². The van der Waals surface area contributed by atoms with Gasteiger partial charge in [0, 0.05) is 4.47 Å². The van der Waals surface area contributed by atoms with E-state index in [9.17, 15) is 8.42 Å². The van der Waals surface area contributed by atoms with Crippen LogP contribution < -0.4 is 14.3 Å². The smallest absolute Gasteiger partial charge is 0.276 e. The molecule has 130 valence electrons. The lowest BCUT2D eigenvalue weighted by Gasteiger charge is -2.08. The van der Waals surface area contributed by atoms with E-state index in [0.29, 0.717) is 17.1 Å². The number of ether oxygens (including phenoxy) is 2. The number of benzene rings is 2. The van der Waals surface area contributed by atoms with Crippen molar-refractivity contribution < 1.29 is 17.9 Å². The van der Waals surface area contributed by atoms with Crippen LogP contribution in [0, 0.1) is 11.3 Å². The summed E-state index contributed by atoms with van der Waals surface area (Å²) in [4.78, 5) is 2.24. The monoisotopic (exact) mass is 423 g/mol. The number of hydrazone groups is 1. The van der Waals surface area contributed by atoms with E-state index < -0.39 is 10.0 Å². The number of hydrogen-bond acceptors (Lipinski definition) is 6. The first-order chi connectivity index (χ1) is 12.0. The standard InChI is InChI=1S/C16H14BrN3O4S/c1-23-16-10-12(2-7-15(16)24-9-8-18)11-19-20-25(21,22)14-5-3-13(17)4-6-14/h2-7,10-11,20H,9H2,1H3/b19-11-. The third kappa shape index (κ3) is 5.20.